The molecule has 8 nitrogen and oxygen atoms in total. The number of carbonyl (C=O) groups excluding carboxylic acids is 2. The number of fused-ring (bicyclic) bond motifs is 1. The highest BCUT2D eigenvalue weighted by Crippen LogP contribution is 2.34. The third kappa shape index (κ3) is 5.40. The third-order valence-electron chi connectivity index (χ3n) is 5.17. The van der Waals surface area contributed by atoms with Crippen LogP contribution in [0.3, 0.4) is 0 Å². The van der Waals surface area contributed by atoms with Crippen LogP contribution in [0.25, 0.3) is 0 Å². The summed E-state index contributed by atoms with van der Waals surface area (Å²) in [6.07, 6.45) is 0.614. The number of nitrogens with one attached hydrogen (secondary N) is 1. The van der Waals surface area contributed by atoms with Crippen molar-refractivity contribution in [2.75, 3.05) is 37.7 Å². The van der Waals surface area contributed by atoms with Gasteiger partial charge in [0.15, 0.2) is 6.61 Å². The fraction of sp³-hybridized carbons (Fsp3) is 0.364. The maximum Gasteiger partial charge on any atom is 0.265 e. The van der Waals surface area contributed by atoms with E-state index in [4.69, 9.17) is 16.3 Å². The second kappa shape index (κ2) is 10.3. The number of amides is 2. The Bertz CT molecular complexity index is 1090. The van der Waals surface area contributed by atoms with E-state index in [0.717, 1.165) is 5.56 Å². The Balaban J connectivity index is 1.73. The van der Waals surface area contributed by atoms with Crippen molar-refractivity contribution in [3.05, 3.63) is 53.1 Å². The van der Waals surface area contributed by atoms with E-state index in [9.17, 15) is 18.0 Å². The van der Waals surface area contributed by atoms with Gasteiger partial charge < -0.3 is 10.1 Å². The van der Waals surface area contributed by atoms with Gasteiger partial charge in [0.1, 0.15) is 12.3 Å². The predicted molar refractivity (Wildman–Crippen MR) is 123 cm³/mol. The molecule has 1 heterocycles. The zero-order chi connectivity index (χ0) is 23.3. The van der Waals surface area contributed by atoms with E-state index in [1.807, 2.05) is 12.1 Å². The predicted octanol–water partition coefficient (Wildman–Crippen LogP) is 2.45. The Hall–Kier alpha value is -2.62. The lowest BCUT2D eigenvalue weighted by Crippen LogP contribution is -2.45. The SMILES string of the molecule is CCN(CC)S(=O)(=O)c1ccc2c(c1)N(CC(=O)NCCc1ccc(Cl)cc1)C(=O)CO2. The number of rotatable bonds is 9. The maximum absolute atomic E-state index is 12.9. The second-order valence-corrected chi connectivity index (χ2v) is 9.59. The molecular formula is C22H26ClN3O5S. The molecule has 0 atom stereocenters. The topological polar surface area (TPSA) is 96.0 Å². The summed E-state index contributed by atoms with van der Waals surface area (Å²) in [6.45, 7) is 4.11. The summed E-state index contributed by atoms with van der Waals surface area (Å²) in [4.78, 5) is 26.3. The lowest BCUT2D eigenvalue weighted by atomic mass is 10.1. The Kier molecular flexibility index (Phi) is 7.76. The standard InChI is InChI=1S/C22H26ClN3O5S/c1-3-25(4-2)32(29,30)18-9-10-20-19(13-18)26(22(28)15-31-20)14-21(27)24-12-11-16-5-7-17(23)8-6-16/h5-10,13H,3-4,11-12,14-15H2,1-2H3,(H,24,27). The van der Waals surface area contributed by atoms with Gasteiger partial charge in [-0.25, -0.2) is 8.42 Å². The minimum atomic E-state index is -3.72. The van der Waals surface area contributed by atoms with Crippen molar-refractivity contribution in [2.45, 2.75) is 25.2 Å². The Morgan fingerprint density at radius 2 is 1.84 bits per heavy atom. The van der Waals surface area contributed by atoms with Gasteiger partial charge in [0, 0.05) is 24.7 Å². The molecule has 0 aromatic heterocycles. The maximum atomic E-state index is 12.9. The van der Waals surface area contributed by atoms with Crippen LogP contribution in [0.15, 0.2) is 47.4 Å². The molecule has 0 saturated carbocycles. The number of halogens is 1. The summed E-state index contributed by atoms with van der Waals surface area (Å²) in [5, 5.41) is 3.44. The highest BCUT2D eigenvalue weighted by molar-refractivity contribution is 7.89. The van der Waals surface area contributed by atoms with Crippen molar-refractivity contribution >= 4 is 39.1 Å². The fourth-order valence-electron chi connectivity index (χ4n) is 3.43. The summed E-state index contributed by atoms with van der Waals surface area (Å²) >= 11 is 5.87. The number of ether oxygens (including phenoxy) is 1. The van der Waals surface area contributed by atoms with Gasteiger partial charge in [-0.05, 0) is 42.3 Å². The first-order chi connectivity index (χ1) is 15.3. The Morgan fingerprint density at radius 3 is 2.50 bits per heavy atom. The molecule has 0 fully saturated rings. The molecule has 2 aromatic rings. The van der Waals surface area contributed by atoms with Crippen molar-refractivity contribution in [1.29, 1.82) is 0 Å². The third-order valence-corrected chi connectivity index (χ3v) is 7.47. The van der Waals surface area contributed by atoms with Crippen LogP contribution in [0.5, 0.6) is 5.75 Å². The largest absolute Gasteiger partial charge is 0.482 e. The Morgan fingerprint density at radius 1 is 1.16 bits per heavy atom. The van der Waals surface area contributed by atoms with Crippen molar-refractivity contribution in [3.8, 4) is 5.75 Å². The van der Waals surface area contributed by atoms with E-state index in [2.05, 4.69) is 5.32 Å². The minimum absolute atomic E-state index is 0.0476. The van der Waals surface area contributed by atoms with Crippen LogP contribution in [-0.4, -0.2) is 57.3 Å². The highest BCUT2D eigenvalue weighted by atomic mass is 35.5. The zero-order valence-corrected chi connectivity index (χ0v) is 19.6. The Labute approximate surface area is 193 Å². The van der Waals surface area contributed by atoms with Gasteiger partial charge in [-0.2, -0.15) is 4.31 Å². The van der Waals surface area contributed by atoms with Crippen LogP contribution in [-0.2, 0) is 26.0 Å². The molecule has 2 amide bonds. The average molecular weight is 480 g/mol. The van der Waals surface area contributed by atoms with Gasteiger partial charge in [0.05, 0.1) is 10.6 Å². The summed E-state index contributed by atoms with van der Waals surface area (Å²) < 4.78 is 32.5. The zero-order valence-electron chi connectivity index (χ0n) is 18.0. The van der Waals surface area contributed by atoms with E-state index < -0.39 is 15.9 Å². The summed E-state index contributed by atoms with van der Waals surface area (Å²) in [6, 6.07) is 11.7. The quantitative estimate of drug-likeness (QED) is 0.596. The van der Waals surface area contributed by atoms with E-state index in [-0.39, 0.29) is 29.6 Å². The highest BCUT2D eigenvalue weighted by Gasteiger charge is 2.30. The van der Waals surface area contributed by atoms with Crippen molar-refractivity contribution in [3.63, 3.8) is 0 Å². The van der Waals surface area contributed by atoms with Crippen LogP contribution in [0.2, 0.25) is 5.02 Å². The van der Waals surface area contributed by atoms with Crippen LogP contribution in [0, 0.1) is 0 Å². The molecule has 0 radical (unpaired) electrons. The van der Waals surface area contributed by atoms with Gasteiger partial charge in [-0.1, -0.05) is 37.6 Å². The first-order valence-electron chi connectivity index (χ1n) is 10.3. The molecule has 1 aliphatic rings. The summed E-state index contributed by atoms with van der Waals surface area (Å²) in [7, 11) is -3.72. The van der Waals surface area contributed by atoms with Crippen LogP contribution in [0.1, 0.15) is 19.4 Å². The molecular weight excluding hydrogens is 454 g/mol. The molecule has 0 bridgehead atoms. The molecule has 32 heavy (non-hydrogen) atoms. The lowest BCUT2D eigenvalue weighted by Gasteiger charge is -2.29. The molecule has 1 N–H and O–H groups in total. The molecule has 0 aliphatic carbocycles. The molecule has 0 saturated heterocycles. The van der Waals surface area contributed by atoms with Crippen LogP contribution >= 0.6 is 11.6 Å². The second-order valence-electron chi connectivity index (χ2n) is 7.21. The molecule has 3 rings (SSSR count). The van der Waals surface area contributed by atoms with Gasteiger partial charge in [0.25, 0.3) is 5.91 Å². The number of sulfonamides is 1. The van der Waals surface area contributed by atoms with Crippen LogP contribution in [0.4, 0.5) is 5.69 Å². The van der Waals surface area contributed by atoms with Crippen molar-refractivity contribution in [2.24, 2.45) is 0 Å². The summed E-state index contributed by atoms with van der Waals surface area (Å²) in [5.41, 5.74) is 1.29. The fourth-order valence-corrected chi connectivity index (χ4v) is 5.03. The molecule has 2 aromatic carbocycles. The molecule has 1 aliphatic heterocycles. The minimum Gasteiger partial charge on any atom is -0.482 e. The molecule has 0 spiro atoms. The number of anilines is 1. The molecule has 0 unspecified atom stereocenters. The number of hydrogen-bond acceptors (Lipinski definition) is 5. The van der Waals surface area contributed by atoms with E-state index in [1.54, 1.807) is 26.0 Å². The van der Waals surface area contributed by atoms with Crippen molar-refractivity contribution < 1.29 is 22.7 Å². The van der Waals surface area contributed by atoms with Crippen molar-refractivity contribution in [1.82, 2.24) is 9.62 Å². The number of nitrogens with zero attached hydrogens (tertiary/aromatic N) is 2. The monoisotopic (exact) mass is 479 g/mol. The van der Waals surface area contributed by atoms with E-state index in [1.165, 1.54) is 27.4 Å². The number of carbonyl (C=O) groups is 2. The number of benzene rings is 2. The normalized spacial score (nSPS) is 13.6. The smallest absolute Gasteiger partial charge is 0.265 e. The van der Waals surface area contributed by atoms with E-state index >= 15 is 0 Å². The number of hydrogen-bond donors (Lipinski definition) is 1. The van der Waals surface area contributed by atoms with Gasteiger partial charge in [-0.3, -0.25) is 14.5 Å². The van der Waals surface area contributed by atoms with Gasteiger partial charge in [0.2, 0.25) is 15.9 Å². The van der Waals surface area contributed by atoms with Gasteiger partial charge >= 0.3 is 0 Å². The summed E-state index contributed by atoms with van der Waals surface area (Å²) in [5.74, 6) is -0.406. The first-order valence-corrected chi connectivity index (χ1v) is 12.2. The van der Waals surface area contributed by atoms with Gasteiger partial charge in [-0.15, -0.1) is 0 Å². The first kappa shape index (κ1) is 24.0. The van der Waals surface area contributed by atoms with E-state index in [0.29, 0.717) is 36.8 Å². The van der Waals surface area contributed by atoms with Crippen LogP contribution < -0.4 is 15.0 Å². The molecule has 10 heteroatoms. The lowest BCUT2D eigenvalue weighted by molar-refractivity contribution is -0.125. The average Bonchev–Trinajstić information content (AvgIpc) is 2.77. The molecule has 172 valence electrons.